The van der Waals surface area contributed by atoms with Crippen molar-refractivity contribution < 1.29 is 4.74 Å². The van der Waals surface area contributed by atoms with E-state index in [9.17, 15) is 0 Å². The summed E-state index contributed by atoms with van der Waals surface area (Å²) in [5, 5.41) is 3.49. The van der Waals surface area contributed by atoms with Crippen molar-refractivity contribution in [1.29, 1.82) is 0 Å². The first kappa shape index (κ1) is 12.2. The number of fused-ring (bicyclic) bond motifs is 1. The van der Waals surface area contributed by atoms with Crippen molar-refractivity contribution in [2.45, 2.75) is 25.5 Å². The molecule has 1 N–H and O–H groups in total. The lowest BCUT2D eigenvalue weighted by atomic mass is 9.97. The lowest BCUT2D eigenvalue weighted by molar-refractivity contribution is 0.0107. The van der Waals surface area contributed by atoms with E-state index in [4.69, 9.17) is 4.74 Å². The third kappa shape index (κ3) is 2.58. The molecule has 0 spiro atoms. The number of hydrogen-bond donors (Lipinski definition) is 1. The van der Waals surface area contributed by atoms with E-state index < -0.39 is 0 Å². The summed E-state index contributed by atoms with van der Waals surface area (Å²) < 4.78 is 5.98. The Bertz CT molecular complexity index is 407. The Morgan fingerprint density at radius 3 is 3.17 bits per heavy atom. The second-order valence-electron chi connectivity index (χ2n) is 5.42. The summed E-state index contributed by atoms with van der Waals surface area (Å²) in [6, 6.07) is 9.32. The van der Waals surface area contributed by atoms with Crippen molar-refractivity contribution in [2.24, 2.45) is 0 Å². The number of nitrogens with zero attached hydrogens (tertiary/aromatic N) is 1. The normalized spacial score (nSPS) is 28.9. The van der Waals surface area contributed by atoms with Crippen molar-refractivity contribution in [3.05, 3.63) is 35.4 Å². The van der Waals surface area contributed by atoms with Gasteiger partial charge in [-0.3, -0.25) is 4.90 Å². The van der Waals surface area contributed by atoms with Crippen LogP contribution in [0.25, 0.3) is 0 Å². The van der Waals surface area contributed by atoms with Gasteiger partial charge in [-0.25, -0.2) is 0 Å². The lowest BCUT2D eigenvalue weighted by Crippen LogP contribution is -2.50. The Labute approximate surface area is 109 Å². The molecule has 0 radical (unpaired) electrons. The van der Waals surface area contributed by atoms with Gasteiger partial charge >= 0.3 is 0 Å². The van der Waals surface area contributed by atoms with Crippen LogP contribution in [0, 0.1) is 0 Å². The van der Waals surface area contributed by atoms with Crippen LogP contribution in [0.3, 0.4) is 0 Å². The minimum atomic E-state index is 0.264. The first-order valence-electron chi connectivity index (χ1n) is 6.98. The van der Waals surface area contributed by atoms with Crippen LogP contribution in [0.15, 0.2) is 24.3 Å². The molecule has 2 aliphatic rings. The molecule has 1 unspecified atom stereocenters. The summed E-state index contributed by atoms with van der Waals surface area (Å²) in [6.45, 7) is 7.50. The van der Waals surface area contributed by atoms with Gasteiger partial charge in [-0.05, 0) is 24.5 Å². The third-order valence-electron chi connectivity index (χ3n) is 3.97. The van der Waals surface area contributed by atoms with E-state index >= 15 is 0 Å². The highest BCUT2D eigenvalue weighted by Gasteiger charge is 2.24. The summed E-state index contributed by atoms with van der Waals surface area (Å²) in [6.07, 6.45) is 1.32. The molecule has 1 aromatic carbocycles. The Morgan fingerprint density at radius 2 is 2.28 bits per heavy atom. The van der Waals surface area contributed by atoms with Crippen LogP contribution in [-0.4, -0.2) is 43.7 Å². The van der Waals surface area contributed by atoms with Gasteiger partial charge in [0, 0.05) is 32.2 Å². The molecule has 98 valence electrons. The average molecular weight is 246 g/mol. The average Bonchev–Trinajstić information content (AvgIpc) is 2.39. The molecule has 3 heteroatoms. The predicted molar refractivity (Wildman–Crippen MR) is 72.7 cm³/mol. The number of piperazine rings is 1. The molecule has 0 amide bonds. The van der Waals surface area contributed by atoms with Gasteiger partial charge in [-0.2, -0.15) is 0 Å². The van der Waals surface area contributed by atoms with Crippen molar-refractivity contribution in [2.75, 3.05) is 32.8 Å². The molecule has 0 aromatic heterocycles. The molecule has 0 aliphatic carbocycles. The molecule has 3 nitrogen and oxygen atoms in total. The van der Waals surface area contributed by atoms with Crippen LogP contribution in [-0.2, 0) is 11.2 Å². The first-order chi connectivity index (χ1) is 8.83. The molecule has 18 heavy (non-hydrogen) atoms. The quantitative estimate of drug-likeness (QED) is 0.858. The van der Waals surface area contributed by atoms with E-state index in [2.05, 4.69) is 41.4 Å². The minimum Gasteiger partial charge on any atom is -0.372 e. The minimum absolute atomic E-state index is 0.264. The maximum atomic E-state index is 5.98. The van der Waals surface area contributed by atoms with Crippen LogP contribution in [0.1, 0.15) is 24.2 Å². The van der Waals surface area contributed by atoms with Gasteiger partial charge < -0.3 is 10.1 Å². The molecular formula is C15H22N2O. The Morgan fingerprint density at radius 1 is 1.39 bits per heavy atom. The second kappa shape index (κ2) is 5.39. The van der Waals surface area contributed by atoms with Gasteiger partial charge in [0.05, 0.1) is 12.7 Å². The zero-order valence-corrected chi connectivity index (χ0v) is 11.1. The fourth-order valence-electron chi connectivity index (χ4n) is 3.04. The van der Waals surface area contributed by atoms with E-state index in [1.807, 2.05) is 0 Å². The highest BCUT2D eigenvalue weighted by Crippen LogP contribution is 2.27. The zero-order valence-electron chi connectivity index (χ0n) is 11.1. The number of rotatable bonds is 2. The molecule has 2 aliphatic heterocycles. The van der Waals surface area contributed by atoms with Gasteiger partial charge in [-0.15, -0.1) is 0 Å². The van der Waals surface area contributed by atoms with Crippen molar-refractivity contribution in [3.8, 4) is 0 Å². The summed E-state index contributed by atoms with van der Waals surface area (Å²) in [5.74, 6) is 0. The van der Waals surface area contributed by atoms with E-state index in [0.717, 1.165) is 39.2 Å². The largest absolute Gasteiger partial charge is 0.372 e. The zero-order chi connectivity index (χ0) is 12.4. The fourth-order valence-corrected chi connectivity index (χ4v) is 3.04. The molecule has 0 saturated carbocycles. The number of benzene rings is 1. The summed E-state index contributed by atoms with van der Waals surface area (Å²) in [7, 11) is 0. The van der Waals surface area contributed by atoms with Crippen LogP contribution in [0.5, 0.6) is 0 Å². The SMILES string of the molecule is C[C@H]1CN(CC2OCCc3ccccc32)CCN1. The van der Waals surface area contributed by atoms with Gasteiger partial charge in [0.15, 0.2) is 0 Å². The topological polar surface area (TPSA) is 24.5 Å². The van der Waals surface area contributed by atoms with Crippen LogP contribution >= 0.6 is 0 Å². The Hall–Kier alpha value is -0.900. The standard InChI is InChI=1S/C15H22N2O/c1-12-10-17(8-7-16-12)11-15-14-5-3-2-4-13(14)6-9-18-15/h2-5,12,15-16H,6-11H2,1H3/t12-,15?/m0/s1. The van der Waals surface area contributed by atoms with Gasteiger partial charge in [0.1, 0.15) is 0 Å². The summed E-state index contributed by atoms with van der Waals surface area (Å²) >= 11 is 0. The molecule has 0 bridgehead atoms. The van der Waals surface area contributed by atoms with E-state index in [0.29, 0.717) is 6.04 Å². The van der Waals surface area contributed by atoms with Gasteiger partial charge in [0.2, 0.25) is 0 Å². The molecule has 2 heterocycles. The Balaban J connectivity index is 1.70. The fraction of sp³-hybridized carbons (Fsp3) is 0.600. The molecular weight excluding hydrogens is 224 g/mol. The molecule has 3 rings (SSSR count). The van der Waals surface area contributed by atoms with Gasteiger partial charge in [0.25, 0.3) is 0 Å². The Kier molecular flexibility index (Phi) is 3.64. The molecule has 1 saturated heterocycles. The van der Waals surface area contributed by atoms with Crippen LogP contribution in [0.2, 0.25) is 0 Å². The van der Waals surface area contributed by atoms with Crippen LogP contribution < -0.4 is 5.32 Å². The summed E-state index contributed by atoms with van der Waals surface area (Å²) in [4.78, 5) is 2.52. The molecule has 2 atom stereocenters. The van der Waals surface area contributed by atoms with E-state index in [1.165, 1.54) is 11.1 Å². The number of hydrogen-bond acceptors (Lipinski definition) is 3. The van der Waals surface area contributed by atoms with Crippen molar-refractivity contribution in [1.82, 2.24) is 10.2 Å². The maximum absolute atomic E-state index is 5.98. The maximum Gasteiger partial charge on any atom is 0.0954 e. The summed E-state index contributed by atoms with van der Waals surface area (Å²) in [5.41, 5.74) is 2.87. The van der Waals surface area contributed by atoms with Crippen molar-refractivity contribution >= 4 is 0 Å². The highest BCUT2D eigenvalue weighted by atomic mass is 16.5. The highest BCUT2D eigenvalue weighted by molar-refractivity contribution is 5.31. The number of ether oxygens (including phenoxy) is 1. The monoisotopic (exact) mass is 246 g/mol. The van der Waals surface area contributed by atoms with Gasteiger partial charge in [-0.1, -0.05) is 24.3 Å². The van der Waals surface area contributed by atoms with E-state index in [-0.39, 0.29) is 6.10 Å². The first-order valence-corrected chi connectivity index (χ1v) is 6.98. The van der Waals surface area contributed by atoms with Crippen LogP contribution in [0.4, 0.5) is 0 Å². The van der Waals surface area contributed by atoms with E-state index in [1.54, 1.807) is 0 Å². The predicted octanol–water partition coefficient (Wildman–Crippen LogP) is 1.59. The molecule has 1 fully saturated rings. The smallest absolute Gasteiger partial charge is 0.0954 e. The van der Waals surface area contributed by atoms with Crippen molar-refractivity contribution in [3.63, 3.8) is 0 Å². The second-order valence-corrected chi connectivity index (χ2v) is 5.42. The third-order valence-corrected chi connectivity index (χ3v) is 3.97. The molecule has 1 aromatic rings. The lowest BCUT2D eigenvalue weighted by Gasteiger charge is -2.36. The number of nitrogens with one attached hydrogen (secondary N) is 1.